The van der Waals surface area contributed by atoms with E-state index in [4.69, 9.17) is 4.65 Å². The Kier molecular flexibility index (Phi) is 3.43. The maximum Gasteiger partial charge on any atom is 0.345 e. The Morgan fingerprint density at radius 2 is 1.86 bits per heavy atom. The summed E-state index contributed by atoms with van der Waals surface area (Å²) in [7, 11) is 1.62. The first-order valence-electron chi connectivity index (χ1n) is 2.13. The lowest BCUT2D eigenvalue weighted by molar-refractivity contribution is 0.437. The van der Waals surface area contributed by atoms with Crippen molar-refractivity contribution in [3.63, 3.8) is 0 Å². The maximum atomic E-state index is 4.81. The molecule has 1 nitrogen and oxygen atoms in total. The van der Waals surface area contributed by atoms with E-state index in [1.54, 1.807) is 19.1 Å². The van der Waals surface area contributed by atoms with Crippen LogP contribution < -0.4 is 0 Å². The van der Waals surface area contributed by atoms with E-state index in [1.807, 2.05) is 0 Å². The summed E-state index contributed by atoms with van der Waals surface area (Å²) in [6.07, 6.45) is 0. The molecule has 0 bridgehead atoms. The van der Waals surface area contributed by atoms with E-state index in [2.05, 4.69) is 13.2 Å². The third kappa shape index (κ3) is 2.23. The molecule has 0 rings (SSSR count). The van der Waals surface area contributed by atoms with Gasteiger partial charge in [-0.15, -0.1) is 13.2 Å². The van der Waals surface area contributed by atoms with E-state index in [0.717, 1.165) is 0 Å². The van der Waals surface area contributed by atoms with Gasteiger partial charge in [-0.3, -0.25) is 0 Å². The first-order valence-corrected chi connectivity index (χ1v) is 2.13. The Bertz CT molecular complexity index is 62.5. The molecule has 0 aliphatic rings. The van der Waals surface area contributed by atoms with Crippen LogP contribution in [0.4, 0.5) is 0 Å². The largest absolute Gasteiger partial charge is 0.430 e. The molecule has 0 aliphatic carbocycles. The standard InChI is InChI=1S/C5H9BO/c1-4-6(5-2)7-3/h4-5H,1-2H2,3H3. The summed E-state index contributed by atoms with van der Waals surface area (Å²) < 4.78 is 4.81. The van der Waals surface area contributed by atoms with Crippen molar-refractivity contribution in [3.05, 3.63) is 25.1 Å². The van der Waals surface area contributed by atoms with Gasteiger partial charge in [0.05, 0.1) is 0 Å². The summed E-state index contributed by atoms with van der Waals surface area (Å²) in [6.45, 7) is 7.03. The lowest BCUT2D eigenvalue weighted by atomic mass is 9.69. The van der Waals surface area contributed by atoms with Crippen molar-refractivity contribution >= 4 is 6.92 Å². The van der Waals surface area contributed by atoms with Crippen LogP contribution in [-0.2, 0) is 4.65 Å². The van der Waals surface area contributed by atoms with E-state index in [-0.39, 0.29) is 6.92 Å². The van der Waals surface area contributed by atoms with Crippen molar-refractivity contribution < 1.29 is 4.65 Å². The van der Waals surface area contributed by atoms with Crippen LogP contribution in [0.25, 0.3) is 0 Å². The SMILES string of the molecule is C=CB(C=C)OC. The second kappa shape index (κ2) is 3.69. The minimum absolute atomic E-state index is 0.0139. The second-order valence-corrected chi connectivity index (χ2v) is 1.17. The first kappa shape index (κ1) is 6.50. The lowest BCUT2D eigenvalue weighted by Gasteiger charge is -1.93. The molecule has 0 amide bonds. The zero-order valence-electron chi connectivity index (χ0n) is 4.55. The molecule has 7 heavy (non-hydrogen) atoms. The zero-order chi connectivity index (χ0) is 5.70. The molecular formula is C5H9BO. The van der Waals surface area contributed by atoms with Crippen molar-refractivity contribution in [2.24, 2.45) is 0 Å². The van der Waals surface area contributed by atoms with Gasteiger partial charge in [0.1, 0.15) is 0 Å². The summed E-state index contributed by atoms with van der Waals surface area (Å²) >= 11 is 0. The molecule has 0 aromatic rings. The average Bonchev–Trinajstić information content (AvgIpc) is 1.72. The fraction of sp³-hybridized carbons (Fsp3) is 0.200. The van der Waals surface area contributed by atoms with E-state index in [0.29, 0.717) is 0 Å². The highest BCUT2D eigenvalue weighted by atomic mass is 16.4. The average molecular weight is 95.9 g/mol. The number of rotatable bonds is 3. The molecular weight excluding hydrogens is 86.9 g/mol. The molecule has 2 heteroatoms. The highest BCUT2D eigenvalue weighted by Gasteiger charge is 1.97. The van der Waals surface area contributed by atoms with Gasteiger partial charge in [0.2, 0.25) is 0 Å². The molecule has 0 heterocycles. The normalized spacial score (nSPS) is 7.57. The summed E-state index contributed by atoms with van der Waals surface area (Å²) in [5, 5.41) is 0. The number of hydrogen-bond acceptors (Lipinski definition) is 1. The van der Waals surface area contributed by atoms with E-state index in [1.165, 1.54) is 0 Å². The molecule has 38 valence electrons. The fourth-order valence-corrected chi connectivity index (χ4v) is 0.289. The molecule has 0 fully saturated rings. The smallest absolute Gasteiger partial charge is 0.345 e. The molecule has 0 N–H and O–H groups in total. The molecule has 0 aliphatic heterocycles. The van der Waals surface area contributed by atoms with Crippen molar-refractivity contribution in [3.8, 4) is 0 Å². The maximum absolute atomic E-state index is 4.81. The van der Waals surface area contributed by atoms with Gasteiger partial charge in [0.15, 0.2) is 0 Å². The highest BCUT2D eigenvalue weighted by Crippen LogP contribution is 1.82. The third-order valence-electron chi connectivity index (χ3n) is 0.737. The monoisotopic (exact) mass is 96.1 g/mol. The van der Waals surface area contributed by atoms with Gasteiger partial charge >= 0.3 is 6.92 Å². The minimum atomic E-state index is 0.0139. The Morgan fingerprint density at radius 1 is 1.43 bits per heavy atom. The van der Waals surface area contributed by atoms with Crippen LogP contribution in [0.2, 0.25) is 0 Å². The van der Waals surface area contributed by atoms with Crippen molar-refractivity contribution in [2.75, 3.05) is 7.11 Å². The Hall–Kier alpha value is -0.495. The molecule has 0 unspecified atom stereocenters. The van der Waals surface area contributed by atoms with Crippen LogP contribution >= 0.6 is 0 Å². The van der Waals surface area contributed by atoms with Gasteiger partial charge in [-0.2, -0.15) is 0 Å². The van der Waals surface area contributed by atoms with Crippen LogP contribution in [0.5, 0.6) is 0 Å². The third-order valence-corrected chi connectivity index (χ3v) is 0.737. The quantitative estimate of drug-likeness (QED) is 0.477. The molecule has 0 aromatic carbocycles. The Labute approximate surface area is 44.8 Å². The van der Waals surface area contributed by atoms with Crippen molar-refractivity contribution in [1.29, 1.82) is 0 Å². The van der Waals surface area contributed by atoms with Crippen LogP contribution in [0, 0.1) is 0 Å². The topological polar surface area (TPSA) is 9.23 Å². The highest BCUT2D eigenvalue weighted by molar-refractivity contribution is 6.62. The first-order chi connectivity index (χ1) is 3.35. The van der Waals surface area contributed by atoms with Gasteiger partial charge in [-0.1, -0.05) is 12.0 Å². The Morgan fingerprint density at radius 3 is 1.86 bits per heavy atom. The van der Waals surface area contributed by atoms with Gasteiger partial charge in [0.25, 0.3) is 0 Å². The summed E-state index contributed by atoms with van der Waals surface area (Å²) in [4.78, 5) is 0. The summed E-state index contributed by atoms with van der Waals surface area (Å²) in [5.41, 5.74) is 0. The van der Waals surface area contributed by atoms with Crippen LogP contribution in [-0.4, -0.2) is 14.0 Å². The lowest BCUT2D eigenvalue weighted by Crippen LogP contribution is -2.07. The summed E-state index contributed by atoms with van der Waals surface area (Å²) in [5.74, 6) is 3.38. The second-order valence-electron chi connectivity index (χ2n) is 1.17. The van der Waals surface area contributed by atoms with Gasteiger partial charge in [0, 0.05) is 7.11 Å². The van der Waals surface area contributed by atoms with Crippen molar-refractivity contribution in [2.45, 2.75) is 0 Å². The predicted molar refractivity (Wildman–Crippen MR) is 33.2 cm³/mol. The van der Waals surface area contributed by atoms with Gasteiger partial charge in [-0.05, 0) is 0 Å². The summed E-state index contributed by atoms with van der Waals surface area (Å²) in [6, 6.07) is 0. The predicted octanol–water partition coefficient (Wildman–Crippen LogP) is 1.07. The Balaban J connectivity index is 3.36. The molecule has 0 saturated heterocycles. The molecule has 0 spiro atoms. The van der Waals surface area contributed by atoms with Gasteiger partial charge in [-0.25, -0.2) is 0 Å². The van der Waals surface area contributed by atoms with E-state index >= 15 is 0 Å². The van der Waals surface area contributed by atoms with Gasteiger partial charge < -0.3 is 4.65 Å². The van der Waals surface area contributed by atoms with E-state index < -0.39 is 0 Å². The van der Waals surface area contributed by atoms with Crippen molar-refractivity contribution in [1.82, 2.24) is 0 Å². The molecule has 0 radical (unpaired) electrons. The number of hydrogen-bond donors (Lipinski definition) is 0. The molecule has 0 aromatic heterocycles. The van der Waals surface area contributed by atoms with Crippen LogP contribution in [0.1, 0.15) is 0 Å². The van der Waals surface area contributed by atoms with Crippen LogP contribution in [0.15, 0.2) is 25.1 Å². The van der Waals surface area contributed by atoms with Crippen LogP contribution in [0.3, 0.4) is 0 Å². The molecule has 0 saturated carbocycles. The fourth-order valence-electron chi connectivity index (χ4n) is 0.289. The zero-order valence-corrected chi connectivity index (χ0v) is 4.55. The van der Waals surface area contributed by atoms with E-state index in [9.17, 15) is 0 Å². The minimum Gasteiger partial charge on any atom is -0.430 e. The molecule has 0 atom stereocenters.